The van der Waals surface area contributed by atoms with Crippen LogP contribution in [0.2, 0.25) is 0 Å². The third kappa shape index (κ3) is 6.71. The Bertz CT molecular complexity index is 380. The first-order chi connectivity index (χ1) is 10.4. The maximum absolute atomic E-state index is 12.3. The zero-order valence-corrected chi connectivity index (χ0v) is 17.4. The van der Waals surface area contributed by atoms with Gasteiger partial charge in [0.25, 0.3) is 0 Å². The molecule has 0 aromatic rings. The summed E-state index contributed by atoms with van der Waals surface area (Å²) in [7, 11) is -1.78. The first kappa shape index (κ1) is 24.0. The maximum atomic E-state index is 12.3. The van der Waals surface area contributed by atoms with Gasteiger partial charge in [-0.3, -0.25) is 4.21 Å². The molecule has 0 saturated heterocycles. The minimum Gasteiger partial charge on any atom is -0.390 e. The van der Waals surface area contributed by atoms with Crippen LogP contribution in [0, 0.1) is 10.8 Å². The second kappa shape index (κ2) is 8.12. The van der Waals surface area contributed by atoms with Crippen LogP contribution in [-0.4, -0.2) is 46.7 Å². The number of hydrogen-bond acceptors (Lipinski definition) is 5. The van der Waals surface area contributed by atoms with E-state index >= 15 is 0 Å². The van der Waals surface area contributed by atoms with Gasteiger partial charge in [-0.15, -0.1) is 0 Å². The van der Waals surface area contributed by atoms with Crippen LogP contribution in [0.4, 0.5) is 0 Å². The summed E-state index contributed by atoms with van der Waals surface area (Å²) in [5.74, 6) is 0. The molecule has 4 N–H and O–H groups in total. The molecule has 0 fully saturated rings. The molecular formula is C18H38O5S. The standard InChI is InChI=1S/C18H38O5S/c1-15(2,17(5,6)21)11-9-13(19)24(23)14(20)10-12-16(3,4)18(7,8)22/h13-14,19-22H,9-12H2,1-8H3. The highest BCUT2D eigenvalue weighted by atomic mass is 32.2. The van der Waals surface area contributed by atoms with Gasteiger partial charge in [0.2, 0.25) is 0 Å². The summed E-state index contributed by atoms with van der Waals surface area (Å²) in [6, 6.07) is 0. The van der Waals surface area contributed by atoms with Crippen molar-refractivity contribution < 1.29 is 24.6 Å². The maximum Gasteiger partial charge on any atom is 0.131 e. The molecule has 24 heavy (non-hydrogen) atoms. The topological polar surface area (TPSA) is 98.0 Å². The van der Waals surface area contributed by atoms with Crippen LogP contribution < -0.4 is 0 Å². The van der Waals surface area contributed by atoms with Crippen molar-refractivity contribution in [3.8, 4) is 0 Å². The van der Waals surface area contributed by atoms with E-state index in [1.165, 1.54) is 0 Å². The summed E-state index contributed by atoms with van der Waals surface area (Å²) in [6.07, 6.45) is 1.47. The second-order valence-electron chi connectivity index (χ2n) is 9.20. The summed E-state index contributed by atoms with van der Waals surface area (Å²) in [5.41, 5.74) is -4.97. The number of hydrogen-bond donors (Lipinski definition) is 4. The molecule has 0 aliphatic heterocycles. The van der Waals surface area contributed by atoms with Gasteiger partial charge in [0.1, 0.15) is 10.9 Å². The van der Waals surface area contributed by atoms with Crippen molar-refractivity contribution in [3.05, 3.63) is 0 Å². The van der Waals surface area contributed by atoms with E-state index in [9.17, 15) is 24.6 Å². The molecule has 0 aromatic heterocycles. The zero-order chi connectivity index (χ0) is 19.6. The molecule has 0 spiro atoms. The lowest BCUT2D eigenvalue weighted by Crippen LogP contribution is -2.40. The Hall–Kier alpha value is -0.0100. The van der Waals surface area contributed by atoms with Crippen LogP contribution in [0.3, 0.4) is 0 Å². The highest BCUT2D eigenvalue weighted by Gasteiger charge is 2.37. The van der Waals surface area contributed by atoms with E-state index in [0.717, 1.165) is 0 Å². The summed E-state index contributed by atoms with van der Waals surface area (Å²) in [5, 5.41) is 40.5. The van der Waals surface area contributed by atoms with Gasteiger partial charge in [-0.1, -0.05) is 27.7 Å². The van der Waals surface area contributed by atoms with Gasteiger partial charge in [0.05, 0.1) is 22.0 Å². The Morgan fingerprint density at radius 2 is 0.958 bits per heavy atom. The zero-order valence-electron chi connectivity index (χ0n) is 16.6. The van der Waals surface area contributed by atoms with Gasteiger partial charge in [-0.25, -0.2) is 0 Å². The Morgan fingerprint density at radius 1 is 0.708 bits per heavy atom. The van der Waals surface area contributed by atoms with Crippen molar-refractivity contribution in [2.24, 2.45) is 10.8 Å². The van der Waals surface area contributed by atoms with Gasteiger partial charge in [0, 0.05) is 0 Å². The van der Waals surface area contributed by atoms with Crippen molar-refractivity contribution in [2.45, 2.75) is 103 Å². The fraction of sp³-hybridized carbons (Fsp3) is 1.00. The first-order valence-corrected chi connectivity index (χ1v) is 9.90. The minimum absolute atomic E-state index is 0.246. The minimum atomic E-state index is -1.78. The quantitative estimate of drug-likeness (QED) is 0.476. The van der Waals surface area contributed by atoms with E-state index in [-0.39, 0.29) is 12.8 Å². The van der Waals surface area contributed by atoms with Crippen molar-refractivity contribution in [1.29, 1.82) is 0 Å². The van der Waals surface area contributed by atoms with Crippen molar-refractivity contribution in [2.75, 3.05) is 0 Å². The molecule has 0 saturated carbocycles. The fourth-order valence-electron chi connectivity index (χ4n) is 1.99. The molecule has 0 aromatic carbocycles. The van der Waals surface area contributed by atoms with Crippen molar-refractivity contribution >= 4 is 10.8 Å². The molecule has 0 heterocycles. The van der Waals surface area contributed by atoms with Crippen LogP contribution in [0.15, 0.2) is 0 Å². The van der Waals surface area contributed by atoms with E-state index in [4.69, 9.17) is 0 Å². The van der Waals surface area contributed by atoms with Gasteiger partial charge in [-0.05, 0) is 64.2 Å². The van der Waals surface area contributed by atoms with E-state index in [1.54, 1.807) is 27.7 Å². The normalized spacial score (nSPS) is 18.3. The third-order valence-electron chi connectivity index (χ3n) is 5.88. The molecule has 2 unspecified atom stereocenters. The van der Waals surface area contributed by atoms with Crippen LogP contribution in [0.5, 0.6) is 0 Å². The van der Waals surface area contributed by atoms with Crippen LogP contribution in [0.1, 0.15) is 81.1 Å². The number of aliphatic hydroxyl groups is 4. The van der Waals surface area contributed by atoms with Gasteiger partial charge in [-0.2, -0.15) is 0 Å². The summed E-state index contributed by atoms with van der Waals surface area (Å²) >= 11 is 0. The van der Waals surface area contributed by atoms with E-state index in [0.29, 0.717) is 12.8 Å². The molecule has 0 aliphatic carbocycles. The number of aliphatic hydroxyl groups excluding tert-OH is 2. The molecule has 0 aliphatic rings. The van der Waals surface area contributed by atoms with Crippen LogP contribution in [0.25, 0.3) is 0 Å². The lowest BCUT2D eigenvalue weighted by Gasteiger charge is -2.38. The Morgan fingerprint density at radius 3 is 1.17 bits per heavy atom. The average Bonchev–Trinajstić information content (AvgIpc) is 2.38. The highest BCUT2D eigenvalue weighted by molar-refractivity contribution is 7.85. The smallest absolute Gasteiger partial charge is 0.131 e. The lowest BCUT2D eigenvalue weighted by molar-refractivity contribution is -0.0434. The predicted octanol–water partition coefficient (Wildman–Crippen LogP) is 2.53. The van der Waals surface area contributed by atoms with Gasteiger partial charge >= 0.3 is 0 Å². The Balaban J connectivity index is 4.59. The molecule has 5 nitrogen and oxygen atoms in total. The second-order valence-corrected chi connectivity index (χ2v) is 10.9. The predicted molar refractivity (Wildman–Crippen MR) is 98.8 cm³/mol. The fourth-order valence-corrected chi connectivity index (χ4v) is 3.06. The van der Waals surface area contributed by atoms with Crippen molar-refractivity contribution in [1.82, 2.24) is 0 Å². The van der Waals surface area contributed by atoms with Gasteiger partial charge in [0.15, 0.2) is 0 Å². The molecule has 0 amide bonds. The molecular weight excluding hydrogens is 328 g/mol. The lowest BCUT2D eigenvalue weighted by atomic mass is 9.74. The summed E-state index contributed by atoms with van der Waals surface area (Å²) < 4.78 is 12.3. The molecule has 0 rings (SSSR count). The van der Waals surface area contributed by atoms with Crippen LogP contribution in [-0.2, 0) is 10.8 Å². The van der Waals surface area contributed by atoms with E-state index in [2.05, 4.69) is 0 Å². The first-order valence-electron chi connectivity index (χ1n) is 8.63. The monoisotopic (exact) mass is 366 g/mol. The Labute approximate surface area is 149 Å². The highest BCUT2D eigenvalue weighted by Crippen LogP contribution is 2.37. The largest absolute Gasteiger partial charge is 0.390 e. The third-order valence-corrected chi connectivity index (χ3v) is 7.43. The molecule has 0 bridgehead atoms. The van der Waals surface area contributed by atoms with E-state index < -0.39 is 43.7 Å². The SMILES string of the molecule is CC(C)(O)C(C)(C)CCC(O)S(=O)C(O)CCC(C)(C)C(C)(C)O. The molecule has 2 atom stereocenters. The van der Waals surface area contributed by atoms with Crippen molar-refractivity contribution in [3.63, 3.8) is 0 Å². The summed E-state index contributed by atoms with van der Waals surface area (Å²) in [6.45, 7) is 14.4. The Kier molecular flexibility index (Phi) is 8.12. The van der Waals surface area contributed by atoms with Crippen LogP contribution >= 0.6 is 0 Å². The molecule has 0 radical (unpaired) electrons. The van der Waals surface area contributed by atoms with E-state index in [1.807, 2.05) is 27.7 Å². The van der Waals surface area contributed by atoms with Gasteiger partial charge < -0.3 is 20.4 Å². The molecule has 6 heteroatoms. The summed E-state index contributed by atoms with van der Waals surface area (Å²) in [4.78, 5) is 0. The average molecular weight is 367 g/mol. The molecule has 146 valence electrons. The number of rotatable bonds is 10.